The molecule has 0 aliphatic heterocycles. The van der Waals surface area contributed by atoms with Crippen LogP contribution in [0.1, 0.15) is 22.5 Å². The zero-order valence-electron chi connectivity index (χ0n) is 11.1. The Hall–Kier alpha value is -2.47. The molecular formula is C15H14FNO4. The molecule has 6 heteroatoms. The van der Waals surface area contributed by atoms with E-state index in [2.05, 4.69) is 5.32 Å². The van der Waals surface area contributed by atoms with Crippen molar-refractivity contribution in [3.63, 3.8) is 0 Å². The molecule has 1 heterocycles. The number of nitrogens with one attached hydrogen (secondary N) is 1. The highest BCUT2D eigenvalue weighted by atomic mass is 19.1. The molecule has 5 nitrogen and oxygen atoms in total. The number of halogens is 1. The summed E-state index contributed by atoms with van der Waals surface area (Å²) in [6, 6.07) is 7.88. The number of furan rings is 1. The third-order valence-electron chi connectivity index (χ3n) is 2.93. The van der Waals surface area contributed by atoms with Gasteiger partial charge in [0.25, 0.3) is 0 Å². The molecule has 2 N–H and O–H groups in total. The number of hydrogen-bond acceptors (Lipinski definition) is 4. The predicted molar refractivity (Wildman–Crippen MR) is 72.3 cm³/mol. The maximum atomic E-state index is 12.8. The maximum Gasteiger partial charge on any atom is 0.305 e. The first-order valence-electron chi connectivity index (χ1n) is 6.33. The number of Topliss-reactive ketones (excluding diaryl/α,β-unsaturated/α-hetero) is 1. The van der Waals surface area contributed by atoms with Crippen LogP contribution in [0.25, 0.3) is 0 Å². The third kappa shape index (κ3) is 4.25. The summed E-state index contributed by atoms with van der Waals surface area (Å²) in [5.74, 6) is -1.77. The van der Waals surface area contributed by atoms with Gasteiger partial charge in [0.1, 0.15) is 5.82 Å². The van der Waals surface area contributed by atoms with E-state index >= 15 is 0 Å². The molecule has 2 rings (SSSR count). The van der Waals surface area contributed by atoms with Gasteiger partial charge < -0.3 is 14.8 Å². The van der Waals surface area contributed by atoms with E-state index in [4.69, 9.17) is 9.52 Å². The summed E-state index contributed by atoms with van der Waals surface area (Å²) in [7, 11) is 0. The minimum absolute atomic E-state index is 0.104. The van der Waals surface area contributed by atoms with E-state index in [1.807, 2.05) is 0 Å². The van der Waals surface area contributed by atoms with Crippen molar-refractivity contribution in [1.29, 1.82) is 0 Å². The Labute approximate surface area is 120 Å². The van der Waals surface area contributed by atoms with Gasteiger partial charge in [0, 0.05) is 6.54 Å². The average Bonchev–Trinajstić information content (AvgIpc) is 2.98. The second-order valence-electron chi connectivity index (χ2n) is 4.50. The maximum absolute atomic E-state index is 12.8. The summed E-state index contributed by atoms with van der Waals surface area (Å²) in [6.07, 6.45) is 0.992. The molecule has 2 aromatic rings. The van der Waals surface area contributed by atoms with Crippen LogP contribution in [-0.2, 0) is 11.3 Å². The fraction of sp³-hybridized carbons (Fsp3) is 0.200. The zero-order chi connectivity index (χ0) is 15.2. The molecule has 0 fully saturated rings. The Kier molecular flexibility index (Phi) is 4.84. The highest BCUT2D eigenvalue weighted by molar-refractivity contribution is 5.99. The fourth-order valence-electron chi connectivity index (χ4n) is 1.87. The van der Waals surface area contributed by atoms with Crippen molar-refractivity contribution < 1.29 is 23.5 Å². The molecule has 110 valence electrons. The van der Waals surface area contributed by atoms with Crippen molar-refractivity contribution in [3.05, 3.63) is 59.8 Å². The molecular weight excluding hydrogens is 277 g/mol. The molecule has 21 heavy (non-hydrogen) atoms. The number of carboxylic acid groups (broad SMARTS) is 1. The van der Waals surface area contributed by atoms with Crippen LogP contribution in [0.5, 0.6) is 0 Å². The van der Waals surface area contributed by atoms with E-state index in [0.717, 1.165) is 5.56 Å². The SMILES string of the molecule is O=C(O)CC(NCc1ccc(F)cc1)C(=O)c1ccco1. The number of carbonyl (C=O) groups is 2. The van der Waals surface area contributed by atoms with Crippen molar-refractivity contribution in [3.8, 4) is 0 Å². The number of benzene rings is 1. The van der Waals surface area contributed by atoms with Gasteiger partial charge in [-0.1, -0.05) is 12.1 Å². The predicted octanol–water partition coefficient (Wildman–Crippen LogP) is 2.23. The van der Waals surface area contributed by atoms with E-state index in [1.165, 1.54) is 24.5 Å². The van der Waals surface area contributed by atoms with Crippen molar-refractivity contribution >= 4 is 11.8 Å². The minimum atomic E-state index is -1.09. The highest BCUT2D eigenvalue weighted by Gasteiger charge is 2.24. The van der Waals surface area contributed by atoms with Crippen molar-refractivity contribution in [2.45, 2.75) is 19.0 Å². The standard InChI is InChI=1S/C15H14FNO4/c16-11-5-3-10(4-6-11)9-17-12(8-14(18)19)15(20)13-2-1-7-21-13/h1-7,12,17H,8-9H2,(H,18,19). The molecule has 1 unspecified atom stereocenters. The molecule has 1 aromatic heterocycles. The lowest BCUT2D eigenvalue weighted by atomic mass is 10.1. The second kappa shape index (κ2) is 6.81. The van der Waals surface area contributed by atoms with E-state index in [9.17, 15) is 14.0 Å². The first kappa shape index (κ1) is 14.9. The summed E-state index contributed by atoms with van der Waals surface area (Å²) >= 11 is 0. The van der Waals surface area contributed by atoms with Crippen molar-refractivity contribution in [1.82, 2.24) is 5.32 Å². The van der Waals surface area contributed by atoms with E-state index in [1.54, 1.807) is 18.2 Å². The molecule has 0 saturated carbocycles. The Morgan fingerprint density at radius 1 is 1.24 bits per heavy atom. The van der Waals surface area contributed by atoms with Crippen LogP contribution in [0.2, 0.25) is 0 Å². The molecule has 0 aliphatic rings. The van der Waals surface area contributed by atoms with Crippen LogP contribution < -0.4 is 5.32 Å². The monoisotopic (exact) mass is 291 g/mol. The molecule has 1 atom stereocenters. The number of carbonyl (C=O) groups excluding carboxylic acids is 1. The Bertz CT molecular complexity index is 607. The number of aliphatic carboxylic acids is 1. The second-order valence-corrected chi connectivity index (χ2v) is 4.50. The van der Waals surface area contributed by atoms with E-state index in [0.29, 0.717) is 0 Å². The van der Waals surface area contributed by atoms with Gasteiger partial charge in [-0.2, -0.15) is 0 Å². The molecule has 0 aliphatic carbocycles. The number of rotatable bonds is 7. The molecule has 0 spiro atoms. The molecule has 0 saturated heterocycles. The van der Waals surface area contributed by atoms with Gasteiger partial charge in [-0.3, -0.25) is 9.59 Å². The zero-order valence-corrected chi connectivity index (χ0v) is 11.1. The first-order chi connectivity index (χ1) is 10.1. The van der Waals surface area contributed by atoms with E-state index < -0.39 is 17.8 Å². The summed E-state index contributed by atoms with van der Waals surface area (Å²) in [5, 5.41) is 11.8. The lowest BCUT2D eigenvalue weighted by molar-refractivity contribution is -0.137. The number of hydrogen-bond donors (Lipinski definition) is 2. The first-order valence-corrected chi connectivity index (χ1v) is 6.33. The van der Waals surface area contributed by atoms with Crippen LogP contribution >= 0.6 is 0 Å². The van der Waals surface area contributed by atoms with Gasteiger partial charge >= 0.3 is 5.97 Å². The highest BCUT2D eigenvalue weighted by Crippen LogP contribution is 2.09. The van der Waals surface area contributed by atoms with Gasteiger partial charge in [0.05, 0.1) is 18.7 Å². The van der Waals surface area contributed by atoms with Gasteiger partial charge in [-0.15, -0.1) is 0 Å². The number of carboxylic acids is 1. The topological polar surface area (TPSA) is 79.5 Å². The van der Waals surface area contributed by atoms with Gasteiger partial charge in [-0.05, 0) is 29.8 Å². The van der Waals surface area contributed by atoms with Crippen LogP contribution in [0, 0.1) is 5.82 Å². The van der Waals surface area contributed by atoms with Crippen LogP contribution in [0.15, 0.2) is 47.1 Å². The Balaban J connectivity index is 2.04. The Morgan fingerprint density at radius 2 is 1.95 bits per heavy atom. The molecule has 0 bridgehead atoms. The third-order valence-corrected chi connectivity index (χ3v) is 2.93. The van der Waals surface area contributed by atoms with Gasteiger partial charge in [0.2, 0.25) is 5.78 Å². The van der Waals surface area contributed by atoms with E-state index in [-0.39, 0.29) is 24.5 Å². The smallest absolute Gasteiger partial charge is 0.305 e. The quantitative estimate of drug-likeness (QED) is 0.765. The molecule has 0 radical (unpaired) electrons. The fourth-order valence-corrected chi connectivity index (χ4v) is 1.87. The average molecular weight is 291 g/mol. The van der Waals surface area contributed by atoms with Crippen molar-refractivity contribution in [2.75, 3.05) is 0 Å². The van der Waals surface area contributed by atoms with Crippen LogP contribution in [-0.4, -0.2) is 22.9 Å². The molecule has 0 amide bonds. The Morgan fingerprint density at radius 3 is 2.52 bits per heavy atom. The van der Waals surface area contributed by atoms with Crippen molar-refractivity contribution in [2.24, 2.45) is 0 Å². The summed E-state index contributed by atoms with van der Waals surface area (Å²) in [6.45, 7) is 0.255. The minimum Gasteiger partial charge on any atom is -0.481 e. The van der Waals surface area contributed by atoms with Gasteiger partial charge in [0.15, 0.2) is 5.76 Å². The summed E-state index contributed by atoms with van der Waals surface area (Å²) < 4.78 is 17.8. The lowest BCUT2D eigenvalue weighted by Crippen LogP contribution is -2.38. The van der Waals surface area contributed by atoms with Gasteiger partial charge in [-0.25, -0.2) is 4.39 Å². The lowest BCUT2D eigenvalue weighted by Gasteiger charge is -2.14. The normalized spacial score (nSPS) is 12.0. The molecule has 1 aromatic carbocycles. The summed E-state index contributed by atoms with van der Waals surface area (Å²) in [5.41, 5.74) is 0.749. The van der Waals surface area contributed by atoms with Crippen LogP contribution in [0.4, 0.5) is 4.39 Å². The number of ketones is 1. The largest absolute Gasteiger partial charge is 0.481 e. The summed E-state index contributed by atoms with van der Waals surface area (Å²) in [4.78, 5) is 23.0. The van der Waals surface area contributed by atoms with Crippen LogP contribution in [0.3, 0.4) is 0 Å².